The average Bonchev–Trinajstić information content (AvgIpc) is 2.70. The van der Waals surface area contributed by atoms with Crippen molar-refractivity contribution in [3.05, 3.63) is 58.6 Å². The van der Waals surface area contributed by atoms with Gasteiger partial charge in [0.05, 0.1) is 8.07 Å². The molecule has 152 valence electrons. The topological polar surface area (TPSA) is 0 Å². The second-order valence-electron chi connectivity index (χ2n) is 8.85. The number of benzene rings is 2. The van der Waals surface area contributed by atoms with Gasteiger partial charge in [-0.25, -0.2) is 8.78 Å². The minimum absolute atomic E-state index is 0.443. The number of hydrogen-bond acceptors (Lipinski definition) is 0. The first kappa shape index (κ1) is 21.5. The molecule has 1 aliphatic heterocycles. The first-order valence-corrected chi connectivity index (χ1v) is 14.1. The highest BCUT2D eigenvalue weighted by Gasteiger charge is 2.31. The summed E-state index contributed by atoms with van der Waals surface area (Å²) < 4.78 is 27.4. The lowest BCUT2D eigenvalue weighted by Gasteiger charge is -2.36. The fraction of sp³-hybridized carbons (Fsp3) is 0.500. The molecule has 0 aromatic heterocycles. The standard InChI is InChI=1S/C24H31ClF2Si/c1-3-4-13-28(2)14-11-19(12-15-28)6-5-18-7-9-20(10-8-18)21-16-22(26)24(25)23(27)17-21/h7-10,16-17,19H,3-6,11-15H2,1-2H3/t19-,28-. The van der Waals surface area contributed by atoms with Crippen LogP contribution in [0.25, 0.3) is 11.1 Å². The summed E-state index contributed by atoms with van der Waals surface area (Å²) in [6.07, 6.45) is 7.91. The molecule has 2 aromatic rings. The zero-order valence-electron chi connectivity index (χ0n) is 17.0. The molecule has 0 amide bonds. The molecule has 0 nitrogen and oxygen atoms in total. The summed E-state index contributed by atoms with van der Waals surface area (Å²) in [5, 5.41) is -0.443. The van der Waals surface area contributed by atoms with Gasteiger partial charge in [0, 0.05) is 0 Å². The zero-order valence-corrected chi connectivity index (χ0v) is 18.8. The molecule has 0 spiro atoms. The lowest BCUT2D eigenvalue weighted by atomic mass is 9.93. The molecule has 4 heteroatoms. The number of aryl methyl sites for hydroxylation is 1. The van der Waals surface area contributed by atoms with Gasteiger partial charge in [0.15, 0.2) is 0 Å². The Morgan fingerprint density at radius 1 is 1.00 bits per heavy atom. The molecular weight excluding hydrogens is 390 g/mol. The number of unbranched alkanes of at least 4 members (excludes halogenated alkanes) is 1. The van der Waals surface area contributed by atoms with Crippen molar-refractivity contribution in [2.24, 2.45) is 5.92 Å². The summed E-state index contributed by atoms with van der Waals surface area (Å²) in [7, 11) is -0.937. The second kappa shape index (κ2) is 9.54. The van der Waals surface area contributed by atoms with Gasteiger partial charge in [-0.3, -0.25) is 0 Å². The van der Waals surface area contributed by atoms with E-state index in [1.165, 1.54) is 67.9 Å². The predicted molar refractivity (Wildman–Crippen MR) is 119 cm³/mol. The van der Waals surface area contributed by atoms with Crippen molar-refractivity contribution >= 4 is 19.7 Å². The lowest BCUT2D eigenvalue weighted by molar-refractivity contribution is 0.433. The average molecular weight is 421 g/mol. The minimum Gasteiger partial charge on any atom is -0.205 e. The summed E-state index contributed by atoms with van der Waals surface area (Å²) in [4.78, 5) is 0. The van der Waals surface area contributed by atoms with Gasteiger partial charge in [-0.15, -0.1) is 0 Å². The summed E-state index contributed by atoms with van der Waals surface area (Å²) >= 11 is 5.57. The summed E-state index contributed by atoms with van der Waals surface area (Å²) in [6, 6.07) is 15.2. The van der Waals surface area contributed by atoms with Crippen LogP contribution in [0.2, 0.25) is 29.7 Å². The molecule has 0 N–H and O–H groups in total. The van der Waals surface area contributed by atoms with E-state index < -0.39 is 24.7 Å². The van der Waals surface area contributed by atoms with Gasteiger partial charge in [0.1, 0.15) is 16.7 Å². The van der Waals surface area contributed by atoms with E-state index in [0.29, 0.717) is 5.56 Å². The first-order valence-electron chi connectivity index (χ1n) is 10.6. The van der Waals surface area contributed by atoms with Gasteiger partial charge in [-0.2, -0.15) is 0 Å². The van der Waals surface area contributed by atoms with Crippen LogP contribution in [0.4, 0.5) is 8.78 Å². The van der Waals surface area contributed by atoms with E-state index in [-0.39, 0.29) is 0 Å². The molecule has 1 heterocycles. The van der Waals surface area contributed by atoms with Crippen molar-refractivity contribution < 1.29 is 8.78 Å². The van der Waals surface area contributed by atoms with E-state index in [4.69, 9.17) is 11.6 Å². The van der Waals surface area contributed by atoms with E-state index in [1.807, 2.05) is 12.1 Å². The Morgan fingerprint density at radius 2 is 1.61 bits per heavy atom. The van der Waals surface area contributed by atoms with Gasteiger partial charge in [0.2, 0.25) is 0 Å². The van der Waals surface area contributed by atoms with Gasteiger partial charge >= 0.3 is 0 Å². The summed E-state index contributed by atoms with van der Waals surface area (Å²) in [6.45, 7) is 4.91. The van der Waals surface area contributed by atoms with Crippen LogP contribution < -0.4 is 0 Å². The summed E-state index contributed by atoms with van der Waals surface area (Å²) in [5.41, 5.74) is 2.64. The lowest BCUT2D eigenvalue weighted by Crippen LogP contribution is -2.34. The molecule has 28 heavy (non-hydrogen) atoms. The van der Waals surface area contributed by atoms with Gasteiger partial charge in [-0.05, 0) is 47.6 Å². The monoisotopic (exact) mass is 420 g/mol. The number of hydrogen-bond donors (Lipinski definition) is 0. The maximum absolute atomic E-state index is 13.7. The summed E-state index contributed by atoms with van der Waals surface area (Å²) in [5.74, 6) is -0.568. The normalized spacial score (nSPS) is 22.4. The fourth-order valence-electron chi connectivity index (χ4n) is 4.47. The quantitative estimate of drug-likeness (QED) is 0.311. The molecule has 0 saturated carbocycles. The molecule has 0 bridgehead atoms. The molecule has 1 aliphatic rings. The van der Waals surface area contributed by atoms with Crippen LogP contribution in [0.1, 0.15) is 44.6 Å². The van der Waals surface area contributed by atoms with Crippen molar-refractivity contribution in [3.63, 3.8) is 0 Å². The molecule has 2 aromatic carbocycles. The van der Waals surface area contributed by atoms with Crippen LogP contribution >= 0.6 is 11.6 Å². The molecule has 0 atom stereocenters. The molecule has 0 radical (unpaired) electrons. The maximum atomic E-state index is 13.7. The van der Waals surface area contributed by atoms with Gasteiger partial charge < -0.3 is 0 Å². The van der Waals surface area contributed by atoms with Crippen molar-refractivity contribution in [1.82, 2.24) is 0 Å². The van der Waals surface area contributed by atoms with Crippen molar-refractivity contribution in [2.75, 3.05) is 0 Å². The minimum atomic E-state index is -0.937. The second-order valence-corrected chi connectivity index (χ2v) is 14.3. The van der Waals surface area contributed by atoms with Gasteiger partial charge in [-0.1, -0.05) is 93.2 Å². The Morgan fingerprint density at radius 3 is 2.18 bits per heavy atom. The van der Waals surface area contributed by atoms with Crippen LogP contribution in [0, 0.1) is 17.6 Å². The third kappa shape index (κ3) is 5.45. The smallest absolute Gasteiger partial charge is 0.145 e. The van der Waals surface area contributed by atoms with Crippen molar-refractivity contribution in [1.29, 1.82) is 0 Å². The van der Waals surface area contributed by atoms with Crippen LogP contribution in [-0.2, 0) is 6.42 Å². The first-order chi connectivity index (χ1) is 13.4. The highest BCUT2D eigenvalue weighted by molar-refractivity contribution is 6.78. The number of halogens is 3. The van der Waals surface area contributed by atoms with Crippen LogP contribution in [0.15, 0.2) is 36.4 Å². The fourth-order valence-corrected chi connectivity index (χ4v) is 8.75. The molecule has 3 rings (SSSR count). The molecule has 1 saturated heterocycles. The van der Waals surface area contributed by atoms with E-state index in [2.05, 4.69) is 25.6 Å². The van der Waals surface area contributed by atoms with E-state index in [9.17, 15) is 8.78 Å². The third-order valence-electron chi connectivity index (χ3n) is 6.56. The maximum Gasteiger partial charge on any atom is 0.145 e. The number of rotatable bonds is 7. The third-order valence-corrected chi connectivity index (χ3v) is 11.5. The Bertz CT molecular complexity index is 757. The van der Waals surface area contributed by atoms with Crippen LogP contribution in [0.3, 0.4) is 0 Å². The Hall–Kier alpha value is -1.19. The van der Waals surface area contributed by atoms with E-state index >= 15 is 0 Å². The van der Waals surface area contributed by atoms with Crippen LogP contribution in [-0.4, -0.2) is 8.07 Å². The highest BCUT2D eigenvalue weighted by Crippen LogP contribution is 2.38. The Balaban J connectivity index is 1.53. The molecule has 0 unspecified atom stereocenters. The van der Waals surface area contributed by atoms with Crippen LogP contribution in [0.5, 0.6) is 0 Å². The molecular formula is C24H31ClF2Si. The molecule has 1 fully saturated rings. The molecule has 0 aliphatic carbocycles. The largest absolute Gasteiger partial charge is 0.205 e. The highest BCUT2D eigenvalue weighted by atomic mass is 35.5. The zero-order chi connectivity index (χ0) is 20.1. The SMILES string of the molecule is CCCC[Si@]1(C)CC[C@@H](CCc2ccc(-c3cc(F)c(Cl)c(F)c3)cc2)CC1. The Labute approximate surface area is 174 Å². The Kier molecular flexibility index (Phi) is 7.33. The van der Waals surface area contributed by atoms with E-state index in [0.717, 1.165) is 17.9 Å². The predicted octanol–water partition coefficient (Wildman–Crippen LogP) is 8.51. The van der Waals surface area contributed by atoms with Crippen molar-refractivity contribution in [3.8, 4) is 11.1 Å². The van der Waals surface area contributed by atoms with Crippen molar-refractivity contribution in [2.45, 2.75) is 70.1 Å². The van der Waals surface area contributed by atoms with E-state index in [1.54, 1.807) is 0 Å². The van der Waals surface area contributed by atoms with Gasteiger partial charge in [0.25, 0.3) is 0 Å².